The molecular formula is C25H28N2O4. The van der Waals surface area contributed by atoms with Crippen molar-refractivity contribution in [2.24, 2.45) is 5.92 Å². The largest absolute Gasteiger partial charge is 0.486 e. The van der Waals surface area contributed by atoms with Crippen molar-refractivity contribution in [1.29, 1.82) is 0 Å². The summed E-state index contributed by atoms with van der Waals surface area (Å²) in [4.78, 5) is 29.4. The summed E-state index contributed by atoms with van der Waals surface area (Å²) in [6.07, 6.45) is 4.80. The van der Waals surface area contributed by atoms with Gasteiger partial charge in [0.25, 0.3) is 0 Å². The number of nitrogens with zero attached hydrogens (tertiary/aromatic N) is 2. The number of ether oxygens (including phenoxy) is 2. The Hall–Kier alpha value is -3.28. The standard InChI is InChI=1S/C25H28N2O4/c1-26(2)21-7-3-18(4-8-21)5-10-24(28)27-13-11-19(12-14-27)25(29)20-6-9-22-23(17-20)31-16-15-30-22/h3-10,17,19H,11-16H2,1-2H3. The lowest BCUT2D eigenvalue weighted by Crippen LogP contribution is -2.39. The second-order valence-electron chi connectivity index (χ2n) is 8.14. The van der Waals surface area contributed by atoms with Crippen molar-refractivity contribution in [2.75, 3.05) is 45.3 Å². The molecule has 0 bridgehead atoms. The number of Topliss-reactive ketones (excluding diaryl/α,β-unsaturated/α-hetero) is 1. The van der Waals surface area contributed by atoms with Gasteiger partial charge in [0, 0.05) is 50.4 Å². The molecule has 2 aliphatic heterocycles. The van der Waals surface area contributed by atoms with E-state index in [4.69, 9.17) is 9.47 Å². The van der Waals surface area contributed by atoms with Crippen LogP contribution in [0.25, 0.3) is 6.08 Å². The van der Waals surface area contributed by atoms with Crippen LogP contribution in [0, 0.1) is 5.92 Å². The van der Waals surface area contributed by atoms with E-state index in [1.165, 1.54) is 0 Å². The first-order valence-electron chi connectivity index (χ1n) is 10.7. The van der Waals surface area contributed by atoms with Crippen molar-refractivity contribution in [3.05, 3.63) is 59.7 Å². The molecule has 2 aromatic rings. The van der Waals surface area contributed by atoms with Crippen LogP contribution in [0.1, 0.15) is 28.8 Å². The first-order valence-corrected chi connectivity index (χ1v) is 10.7. The Labute approximate surface area is 183 Å². The van der Waals surface area contributed by atoms with Crippen LogP contribution < -0.4 is 14.4 Å². The fourth-order valence-electron chi connectivity index (χ4n) is 3.95. The van der Waals surface area contributed by atoms with E-state index in [0.29, 0.717) is 56.2 Å². The molecule has 0 unspecified atom stereocenters. The van der Waals surface area contributed by atoms with Gasteiger partial charge in [0.2, 0.25) is 5.91 Å². The van der Waals surface area contributed by atoms with Gasteiger partial charge in [-0.1, -0.05) is 12.1 Å². The second-order valence-corrected chi connectivity index (χ2v) is 8.14. The quantitative estimate of drug-likeness (QED) is 0.546. The Morgan fingerprint density at radius 3 is 2.32 bits per heavy atom. The summed E-state index contributed by atoms with van der Waals surface area (Å²) in [5.74, 6) is 1.34. The highest BCUT2D eigenvalue weighted by molar-refractivity contribution is 5.99. The van der Waals surface area contributed by atoms with Crippen LogP contribution >= 0.6 is 0 Å². The molecule has 2 heterocycles. The molecule has 162 valence electrons. The van der Waals surface area contributed by atoms with Crippen molar-refractivity contribution >= 4 is 23.5 Å². The van der Waals surface area contributed by atoms with Gasteiger partial charge in [-0.25, -0.2) is 0 Å². The number of likely N-dealkylation sites (tertiary alicyclic amines) is 1. The molecule has 6 nitrogen and oxygen atoms in total. The summed E-state index contributed by atoms with van der Waals surface area (Å²) in [6.45, 7) is 2.20. The van der Waals surface area contributed by atoms with Crippen LogP contribution in [0.2, 0.25) is 0 Å². The van der Waals surface area contributed by atoms with Crippen LogP contribution in [0.15, 0.2) is 48.5 Å². The normalized spacial score (nSPS) is 16.4. The van der Waals surface area contributed by atoms with E-state index in [1.54, 1.807) is 24.3 Å². The number of piperidine rings is 1. The number of hydrogen-bond acceptors (Lipinski definition) is 5. The number of rotatable bonds is 5. The number of carbonyl (C=O) groups is 2. The molecule has 0 atom stereocenters. The number of hydrogen-bond donors (Lipinski definition) is 0. The first kappa shape index (κ1) is 21.0. The second kappa shape index (κ2) is 9.25. The Balaban J connectivity index is 1.31. The molecule has 6 heteroatoms. The minimum absolute atomic E-state index is 0.0121. The van der Waals surface area contributed by atoms with E-state index in [1.807, 2.05) is 54.2 Å². The predicted molar refractivity (Wildman–Crippen MR) is 121 cm³/mol. The summed E-state index contributed by atoms with van der Waals surface area (Å²) in [5.41, 5.74) is 2.76. The number of amides is 1. The summed E-state index contributed by atoms with van der Waals surface area (Å²) >= 11 is 0. The number of ketones is 1. The molecule has 2 aromatic carbocycles. The molecule has 0 N–H and O–H groups in total. The minimum Gasteiger partial charge on any atom is -0.486 e. The third-order valence-electron chi connectivity index (χ3n) is 5.83. The van der Waals surface area contributed by atoms with Crippen LogP contribution in [0.3, 0.4) is 0 Å². The summed E-state index contributed by atoms with van der Waals surface area (Å²) in [5, 5.41) is 0. The third kappa shape index (κ3) is 4.90. The van der Waals surface area contributed by atoms with E-state index < -0.39 is 0 Å². The Morgan fingerprint density at radius 2 is 1.65 bits per heavy atom. The van der Waals surface area contributed by atoms with Gasteiger partial charge in [0.05, 0.1) is 0 Å². The fourth-order valence-corrected chi connectivity index (χ4v) is 3.95. The molecule has 4 rings (SSSR count). The summed E-state index contributed by atoms with van der Waals surface area (Å²) in [6, 6.07) is 13.4. The van der Waals surface area contributed by atoms with Gasteiger partial charge in [0.15, 0.2) is 17.3 Å². The first-order chi connectivity index (χ1) is 15.0. The molecule has 0 aromatic heterocycles. The fraction of sp³-hybridized carbons (Fsp3) is 0.360. The van der Waals surface area contributed by atoms with E-state index in [0.717, 1.165) is 11.3 Å². The Kier molecular flexibility index (Phi) is 6.26. The number of benzene rings is 2. The molecule has 0 radical (unpaired) electrons. The van der Waals surface area contributed by atoms with Gasteiger partial charge in [-0.05, 0) is 54.8 Å². The Bertz CT molecular complexity index is 974. The van der Waals surface area contributed by atoms with Crippen LogP contribution in [0.4, 0.5) is 5.69 Å². The van der Waals surface area contributed by atoms with Crippen molar-refractivity contribution in [2.45, 2.75) is 12.8 Å². The van der Waals surface area contributed by atoms with E-state index in [2.05, 4.69) is 0 Å². The number of carbonyl (C=O) groups excluding carboxylic acids is 2. The van der Waals surface area contributed by atoms with Gasteiger partial charge < -0.3 is 19.3 Å². The minimum atomic E-state index is -0.0748. The molecule has 0 spiro atoms. The van der Waals surface area contributed by atoms with Crippen LogP contribution in [-0.4, -0.2) is 57.0 Å². The molecule has 1 amide bonds. The molecule has 1 saturated heterocycles. The average molecular weight is 421 g/mol. The molecule has 31 heavy (non-hydrogen) atoms. The summed E-state index contributed by atoms with van der Waals surface area (Å²) in [7, 11) is 3.99. The van der Waals surface area contributed by atoms with Crippen LogP contribution in [0.5, 0.6) is 11.5 Å². The van der Waals surface area contributed by atoms with Crippen molar-refractivity contribution in [3.8, 4) is 11.5 Å². The molecule has 1 fully saturated rings. The van der Waals surface area contributed by atoms with Gasteiger partial charge in [-0.2, -0.15) is 0 Å². The maximum Gasteiger partial charge on any atom is 0.246 e. The highest BCUT2D eigenvalue weighted by atomic mass is 16.6. The van der Waals surface area contributed by atoms with E-state index >= 15 is 0 Å². The topological polar surface area (TPSA) is 59.1 Å². The average Bonchev–Trinajstić information content (AvgIpc) is 2.82. The maximum absolute atomic E-state index is 12.9. The van der Waals surface area contributed by atoms with Crippen molar-refractivity contribution in [3.63, 3.8) is 0 Å². The maximum atomic E-state index is 12.9. The van der Waals surface area contributed by atoms with Gasteiger partial charge in [-0.15, -0.1) is 0 Å². The van der Waals surface area contributed by atoms with Crippen molar-refractivity contribution in [1.82, 2.24) is 4.90 Å². The third-order valence-corrected chi connectivity index (χ3v) is 5.83. The zero-order chi connectivity index (χ0) is 21.8. The molecule has 2 aliphatic rings. The molecule has 0 saturated carbocycles. The van der Waals surface area contributed by atoms with E-state index in [9.17, 15) is 9.59 Å². The van der Waals surface area contributed by atoms with E-state index in [-0.39, 0.29) is 17.6 Å². The zero-order valence-corrected chi connectivity index (χ0v) is 18.0. The highest BCUT2D eigenvalue weighted by Gasteiger charge is 2.28. The van der Waals surface area contributed by atoms with Crippen LogP contribution in [-0.2, 0) is 4.79 Å². The predicted octanol–water partition coefficient (Wildman–Crippen LogP) is 3.66. The lowest BCUT2D eigenvalue weighted by molar-refractivity contribution is -0.127. The smallest absolute Gasteiger partial charge is 0.246 e. The number of anilines is 1. The zero-order valence-electron chi connectivity index (χ0n) is 18.0. The lowest BCUT2D eigenvalue weighted by Gasteiger charge is -2.30. The Morgan fingerprint density at radius 1 is 0.968 bits per heavy atom. The highest BCUT2D eigenvalue weighted by Crippen LogP contribution is 2.32. The lowest BCUT2D eigenvalue weighted by atomic mass is 9.88. The van der Waals surface area contributed by atoms with Crippen molar-refractivity contribution < 1.29 is 19.1 Å². The van der Waals surface area contributed by atoms with Gasteiger partial charge >= 0.3 is 0 Å². The molecule has 0 aliphatic carbocycles. The van der Waals surface area contributed by atoms with Gasteiger partial charge in [0.1, 0.15) is 13.2 Å². The SMILES string of the molecule is CN(C)c1ccc(C=CC(=O)N2CCC(C(=O)c3ccc4c(c3)OCCO4)CC2)cc1. The summed E-state index contributed by atoms with van der Waals surface area (Å²) < 4.78 is 11.1. The molecular weight excluding hydrogens is 392 g/mol. The van der Waals surface area contributed by atoms with Gasteiger partial charge in [-0.3, -0.25) is 9.59 Å². The number of fused-ring (bicyclic) bond motifs is 1. The monoisotopic (exact) mass is 420 g/mol.